The topological polar surface area (TPSA) is 78.1 Å². The summed E-state index contributed by atoms with van der Waals surface area (Å²) in [7, 11) is 0. The molecule has 0 aliphatic carbocycles. The molecule has 1 aromatic heterocycles. The molecule has 1 aliphatic rings. The predicted octanol–water partition coefficient (Wildman–Crippen LogP) is 4.36. The molecule has 0 fully saturated rings. The van der Waals surface area contributed by atoms with Gasteiger partial charge in [-0.1, -0.05) is 6.07 Å². The van der Waals surface area contributed by atoms with E-state index in [2.05, 4.69) is 15.3 Å². The van der Waals surface area contributed by atoms with Crippen LogP contribution in [0.15, 0.2) is 59.7 Å². The van der Waals surface area contributed by atoms with Crippen molar-refractivity contribution in [3.8, 4) is 17.2 Å². The molecule has 28 heavy (non-hydrogen) atoms. The van der Waals surface area contributed by atoms with Gasteiger partial charge in [0.15, 0.2) is 0 Å². The Kier molecular flexibility index (Phi) is 4.38. The van der Waals surface area contributed by atoms with Crippen LogP contribution < -0.4 is 5.32 Å². The van der Waals surface area contributed by atoms with Crippen LogP contribution in [0.25, 0.3) is 11.1 Å². The number of rotatable bonds is 2. The normalized spacial score (nSPS) is 13.0. The summed E-state index contributed by atoms with van der Waals surface area (Å²) < 4.78 is 27.3. The monoisotopic (exact) mass is 374 g/mol. The number of nitrogens with zero attached hydrogens (tertiary/aromatic N) is 3. The largest absolute Gasteiger partial charge is 0.324 e. The number of hydrogen-bond donors (Lipinski definition) is 1. The van der Waals surface area contributed by atoms with Gasteiger partial charge in [0.1, 0.15) is 23.4 Å². The number of aliphatic imine (C=N–C) groups is 1. The summed E-state index contributed by atoms with van der Waals surface area (Å²) in [5.41, 5.74) is 3.00. The molecule has 2 aromatic carbocycles. The minimum absolute atomic E-state index is 0.0177. The molecule has 0 atom stereocenters. The lowest BCUT2D eigenvalue weighted by Gasteiger charge is -2.09. The minimum atomic E-state index is -0.690. The van der Waals surface area contributed by atoms with E-state index in [0.717, 1.165) is 6.07 Å². The Morgan fingerprint density at radius 1 is 1.04 bits per heavy atom. The zero-order valence-electron chi connectivity index (χ0n) is 14.4. The summed E-state index contributed by atoms with van der Waals surface area (Å²) in [5.74, 6) is -1.64. The van der Waals surface area contributed by atoms with Crippen molar-refractivity contribution in [2.45, 2.75) is 6.42 Å². The zero-order chi connectivity index (χ0) is 19.7. The summed E-state index contributed by atoms with van der Waals surface area (Å²) in [4.78, 5) is 20.8. The quantitative estimate of drug-likeness (QED) is 0.724. The van der Waals surface area contributed by atoms with Crippen LogP contribution >= 0.6 is 0 Å². The van der Waals surface area contributed by atoms with Crippen LogP contribution in [0.3, 0.4) is 0 Å². The summed E-state index contributed by atoms with van der Waals surface area (Å²) in [5, 5.41) is 11.8. The lowest BCUT2D eigenvalue weighted by Crippen LogP contribution is -2.15. The lowest BCUT2D eigenvalue weighted by molar-refractivity contribution is -0.115. The van der Waals surface area contributed by atoms with Crippen LogP contribution in [-0.2, 0) is 4.79 Å². The Hall–Kier alpha value is -3.92. The number of anilines is 1. The fourth-order valence-electron chi connectivity index (χ4n) is 2.99. The van der Waals surface area contributed by atoms with Crippen molar-refractivity contribution in [2.24, 2.45) is 4.99 Å². The average Bonchev–Trinajstić information content (AvgIpc) is 2.85. The molecule has 2 heterocycles. The van der Waals surface area contributed by atoms with Crippen molar-refractivity contribution in [3.05, 3.63) is 77.6 Å². The first kappa shape index (κ1) is 17.5. The number of carbonyl (C=O) groups is 1. The lowest BCUT2D eigenvalue weighted by atomic mass is 10.0. The first-order valence-electron chi connectivity index (χ1n) is 8.37. The van der Waals surface area contributed by atoms with E-state index in [4.69, 9.17) is 5.26 Å². The van der Waals surface area contributed by atoms with Crippen LogP contribution in [0.2, 0.25) is 0 Å². The highest BCUT2D eigenvalue weighted by Gasteiger charge is 2.19. The molecular formula is C21H12F2N4O. The fourth-order valence-corrected chi connectivity index (χ4v) is 2.99. The Balaban J connectivity index is 1.78. The number of aromatic nitrogens is 1. The van der Waals surface area contributed by atoms with Gasteiger partial charge < -0.3 is 5.32 Å². The highest BCUT2D eigenvalue weighted by molar-refractivity contribution is 6.17. The Morgan fingerprint density at radius 2 is 1.89 bits per heavy atom. The van der Waals surface area contributed by atoms with Gasteiger partial charge in [0, 0.05) is 23.4 Å². The van der Waals surface area contributed by atoms with Crippen molar-refractivity contribution < 1.29 is 13.6 Å². The van der Waals surface area contributed by atoms with Gasteiger partial charge in [-0.15, -0.1) is 0 Å². The van der Waals surface area contributed by atoms with Gasteiger partial charge in [-0.3, -0.25) is 9.79 Å². The van der Waals surface area contributed by atoms with Gasteiger partial charge in [-0.2, -0.15) is 5.26 Å². The number of nitrogens with one attached hydrogen (secondary N) is 1. The van der Waals surface area contributed by atoms with Crippen molar-refractivity contribution in [1.82, 2.24) is 4.98 Å². The van der Waals surface area contributed by atoms with Crippen molar-refractivity contribution in [2.75, 3.05) is 5.32 Å². The molecule has 1 amide bonds. The maximum atomic E-state index is 14.1. The second-order valence-corrected chi connectivity index (χ2v) is 6.18. The molecule has 4 rings (SSSR count). The number of fused-ring (bicyclic) bond motifs is 1. The highest BCUT2D eigenvalue weighted by Crippen LogP contribution is 2.34. The minimum Gasteiger partial charge on any atom is -0.324 e. The number of amides is 1. The maximum Gasteiger partial charge on any atom is 0.230 e. The molecule has 1 aliphatic heterocycles. The van der Waals surface area contributed by atoms with Gasteiger partial charge in [0.05, 0.1) is 23.5 Å². The second kappa shape index (κ2) is 7.00. The number of halogens is 2. The SMILES string of the molecule is N#Cc1cc(C2=Nc3ccc(-c4ccc(F)cc4F)cc3NC(=O)C2)ccn1. The van der Waals surface area contributed by atoms with Crippen LogP contribution in [0.5, 0.6) is 0 Å². The molecule has 3 aromatic rings. The van der Waals surface area contributed by atoms with E-state index in [9.17, 15) is 13.6 Å². The highest BCUT2D eigenvalue weighted by atomic mass is 19.1. The van der Waals surface area contributed by atoms with Crippen LogP contribution in [0, 0.1) is 23.0 Å². The third-order valence-electron chi connectivity index (χ3n) is 4.30. The smallest absolute Gasteiger partial charge is 0.230 e. The van der Waals surface area contributed by atoms with E-state index in [-0.39, 0.29) is 23.6 Å². The van der Waals surface area contributed by atoms with Gasteiger partial charge >= 0.3 is 0 Å². The Bertz CT molecular complexity index is 1180. The summed E-state index contributed by atoms with van der Waals surface area (Å²) >= 11 is 0. The predicted molar refractivity (Wildman–Crippen MR) is 100 cm³/mol. The molecule has 136 valence electrons. The summed E-state index contributed by atoms with van der Waals surface area (Å²) in [6, 6.07) is 13.5. The molecule has 0 bridgehead atoms. The molecule has 1 N–H and O–H groups in total. The maximum absolute atomic E-state index is 14.1. The molecule has 5 nitrogen and oxygen atoms in total. The second-order valence-electron chi connectivity index (χ2n) is 6.18. The number of hydrogen-bond acceptors (Lipinski definition) is 4. The molecular weight excluding hydrogens is 362 g/mol. The summed E-state index contributed by atoms with van der Waals surface area (Å²) in [6.45, 7) is 0. The molecule has 0 spiro atoms. The van der Waals surface area contributed by atoms with Gasteiger partial charge in [-0.25, -0.2) is 13.8 Å². The zero-order valence-corrected chi connectivity index (χ0v) is 14.4. The van der Waals surface area contributed by atoms with Crippen molar-refractivity contribution in [1.29, 1.82) is 5.26 Å². The molecule has 0 saturated heterocycles. The fraction of sp³-hybridized carbons (Fsp3) is 0.0476. The number of nitriles is 1. The van der Waals surface area contributed by atoms with Gasteiger partial charge in [0.25, 0.3) is 0 Å². The number of carbonyl (C=O) groups excluding carboxylic acids is 1. The molecule has 0 unspecified atom stereocenters. The number of benzene rings is 2. The third kappa shape index (κ3) is 3.35. The third-order valence-corrected chi connectivity index (χ3v) is 4.30. The Morgan fingerprint density at radius 3 is 2.68 bits per heavy atom. The van der Waals surface area contributed by atoms with E-state index in [1.165, 1.54) is 18.3 Å². The van der Waals surface area contributed by atoms with Crippen LogP contribution in [-0.4, -0.2) is 16.6 Å². The van der Waals surface area contributed by atoms with E-state index >= 15 is 0 Å². The standard InChI is InChI=1S/C21H12F2N4O/c22-14-2-3-16(17(23)9-14)12-1-4-18-20(8-12)27-21(28)10-19(26-18)13-5-6-25-15(7-13)11-24/h1-9H,10H2,(H,27,28). The van der Waals surface area contributed by atoms with E-state index in [1.54, 1.807) is 30.3 Å². The van der Waals surface area contributed by atoms with Crippen LogP contribution in [0.4, 0.5) is 20.2 Å². The average molecular weight is 374 g/mol. The van der Waals surface area contributed by atoms with Gasteiger partial charge in [-0.05, 0) is 42.0 Å². The molecule has 0 radical (unpaired) electrons. The van der Waals surface area contributed by atoms with Crippen molar-refractivity contribution in [3.63, 3.8) is 0 Å². The molecule has 7 heteroatoms. The van der Waals surface area contributed by atoms with Gasteiger partial charge in [0.2, 0.25) is 5.91 Å². The molecule has 0 saturated carbocycles. The van der Waals surface area contributed by atoms with Crippen molar-refractivity contribution >= 4 is 23.0 Å². The summed E-state index contributed by atoms with van der Waals surface area (Å²) in [6.07, 6.45) is 1.50. The van der Waals surface area contributed by atoms with E-state index in [1.807, 2.05) is 6.07 Å². The first-order chi connectivity index (χ1) is 13.5. The van der Waals surface area contributed by atoms with E-state index < -0.39 is 11.6 Å². The number of pyridine rings is 1. The van der Waals surface area contributed by atoms with E-state index in [0.29, 0.717) is 28.2 Å². The first-order valence-corrected chi connectivity index (χ1v) is 8.37. The van der Waals surface area contributed by atoms with Crippen LogP contribution in [0.1, 0.15) is 17.7 Å². The Labute approximate surface area is 159 Å².